The number of anilines is 1. The Bertz CT molecular complexity index is 583. The normalized spacial score (nSPS) is 21.6. The number of amides is 1. The van der Waals surface area contributed by atoms with Gasteiger partial charge in [0.05, 0.1) is 5.92 Å². The Kier molecular flexibility index (Phi) is 3.52. The van der Waals surface area contributed by atoms with Gasteiger partial charge in [-0.15, -0.1) is 0 Å². The number of carbonyl (C=O) groups excluding carboxylic acids is 1. The van der Waals surface area contributed by atoms with E-state index < -0.39 is 0 Å². The zero-order valence-electron chi connectivity index (χ0n) is 13.1. The molecule has 1 unspecified atom stereocenters. The Morgan fingerprint density at radius 2 is 2.05 bits per heavy atom. The van der Waals surface area contributed by atoms with E-state index in [4.69, 9.17) is 0 Å². The van der Waals surface area contributed by atoms with Gasteiger partial charge in [0.25, 0.3) is 0 Å². The van der Waals surface area contributed by atoms with Crippen LogP contribution in [-0.4, -0.2) is 30.4 Å². The number of nitrogens with zero attached hydrogens (tertiary/aromatic N) is 1. The molecule has 3 heteroatoms. The first kappa shape index (κ1) is 14.2. The Hall–Kier alpha value is -1.77. The van der Waals surface area contributed by atoms with Crippen LogP contribution in [0.15, 0.2) is 35.9 Å². The van der Waals surface area contributed by atoms with Crippen molar-refractivity contribution in [2.75, 3.05) is 25.0 Å². The molecule has 0 bridgehead atoms. The van der Waals surface area contributed by atoms with Crippen LogP contribution in [0.5, 0.6) is 0 Å². The number of fused-ring (bicyclic) bond motifs is 1. The number of benzene rings is 1. The van der Waals surface area contributed by atoms with E-state index in [1.165, 1.54) is 5.57 Å². The van der Waals surface area contributed by atoms with Crippen LogP contribution in [0, 0.1) is 5.41 Å². The minimum atomic E-state index is -0.0224. The van der Waals surface area contributed by atoms with E-state index in [1.54, 1.807) is 0 Å². The molecule has 0 saturated carbocycles. The minimum absolute atomic E-state index is 0.0224. The van der Waals surface area contributed by atoms with Crippen molar-refractivity contribution in [3.63, 3.8) is 0 Å². The van der Waals surface area contributed by atoms with E-state index in [0.717, 1.165) is 37.3 Å². The van der Waals surface area contributed by atoms with Gasteiger partial charge in [-0.05, 0) is 23.5 Å². The fourth-order valence-corrected chi connectivity index (χ4v) is 3.28. The number of para-hydroxylation sites is 1. The van der Waals surface area contributed by atoms with Crippen LogP contribution < -0.4 is 5.32 Å². The summed E-state index contributed by atoms with van der Waals surface area (Å²) >= 11 is 0. The second-order valence-electron chi connectivity index (χ2n) is 7.03. The molecule has 3 rings (SSSR count). The van der Waals surface area contributed by atoms with Gasteiger partial charge in [-0.3, -0.25) is 4.79 Å². The van der Waals surface area contributed by atoms with Crippen molar-refractivity contribution in [3.05, 3.63) is 41.5 Å². The second kappa shape index (κ2) is 5.21. The predicted molar refractivity (Wildman–Crippen MR) is 86.4 cm³/mol. The standard InChI is InChI=1S/C18H24N2O/c1-18(2,3)13-8-10-20(11-9-13)17(21)15-12-19-16-7-5-4-6-14(15)16/h4-8,15,19H,9-12H2,1-3H3. The zero-order chi connectivity index (χ0) is 15.0. The van der Waals surface area contributed by atoms with Crippen molar-refractivity contribution in [3.8, 4) is 0 Å². The molecule has 1 atom stereocenters. The summed E-state index contributed by atoms with van der Waals surface area (Å²) in [6.07, 6.45) is 3.24. The van der Waals surface area contributed by atoms with Gasteiger partial charge in [0, 0.05) is 25.3 Å². The van der Waals surface area contributed by atoms with Crippen LogP contribution in [0.4, 0.5) is 5.69 Å². The summed E-state index contributed by atoms with van der Waals surface area (Å²) in [6.45, 7) is 9.06. The molecule has 0 spiro atoms. The van der Waals surface area contributed by atoms with Crippen LogP contribution in [0.2, 0.25) is 0 Å². The van der Waals surface area contributed by atoms with Gasteiger partial charge in [0.15, 0.2) is 0 Å². The molecule has 3 nitrogen and oxygen atoms in total. The lowest BCUT2D eigenvalue weighted by Crippen LogP contribution is -2.39. The Labute approximate surface area is 127 Å². The zero-order valence-corrected chi connectivity index (χ0v) is 13.1. The van der Waals surface area contributed by atoms with Crippen LogP contribution in [0.25, 0.3) is 0 Å². The van der Waals surface area contributed by atoms with Crippen molar-refractivity contribution in [2.24, 2.45) is 5.41 Å². The third-order valence-electron chi connectivity index (χ3n) is 4.62. The van der Waals surface area contributed by atoms with Gasteiger partial charge in [-0.2, -0.15) is 0 Å². The van der Waals surface area contributed by atoms with Crippen molar-refractivity contribution in [1.82, 2.24) is 4.90 Å². The lowest BCUT2D eigenvalue weighted by atomic mass is 9.83. The first-order chi connectivity index (χ1) is 9.97. The third kappa shape index (κ3) is 2.69. The molecule has 1 N–H and O–H groups in total. The fourth-order valence-electron chi connectivity index (χ4n) is 3.28. The van der Waals surface area contributed by atoms with Crippen LogP contribution >= 0.6 is 0 Å². The number of hydrogen-bond acceptors (Lipinski definition) is 2. The van der Waals surface area contributed by atoms with Gasteiger partial charge in [-0.1, -0.05) is 50.6 Å². The Balaban J connectivity index is 1.73. The second-order valence-corrected chi connectivity index (χ2v) is 7.03. The number of carbonyl (C=O) groups is 1. The predicted octanol–water partition coefficient (Wildman–Crippen LogP) is 3.40. The lowest BCUT2D eigenvalue weighted by molar-refractivity contribution is -0.132. The molecule has 0 radical (unpaired) electrons. The van der Waals surface area contributed by atoms with Crippen LogP contribution in [-0.2, 0) is 4.79 Å². The van der Waals surface area contributed by atoms with Crippen molar-refractivity contribution < 1.29 is 4.79 Å². The van der Waals surface area contributed by atoms with Gasteiger partial charge in [-0.25, -0.2) is 0 Å². The summed E-state index contributed by atoms with van der Waals surface area (Å²) in [5.74, 6) is 0.238. The van der Waals surface area contributed by atoms with E-state index in [1.807, 2.05) is 17.0 Å². The molecule has 0 aliphatic carbocycles. The summed E-state index contributed by atoms with van der Waals surface area (Å²) in [6, 6.07) is 8.15. The van der Waals surface area contributed by atoms with Gasteiger partial charge in [0.1, 0.15) is 0 Å². The molecule has 2 aliphatic rings. The number of nitrogens with one attached hydrogen (secondary N) is 1. The molecule has 0 saturated heterocycles. The van der Waals surface area contributed by atoms with Gasteiger partial charge in [0.2, 0.25) is 5.91 Å². The molecule has 2 aliphatic heterocycles. The van der Waals surface area contributed by atoms with Gasteiger partial charge < -0.3 is 10.2 Å². The number of rotatable bonds is 1. The molecule has 2 heterocycles. The Morgan fingerprint density at radius 3 is 2.71 bits per heavy atom. The lowest BCUT2D eigenvalue weighted by Gasteiger charge is -2.33. The van der Waals surface area contributed by atoms with Crippen molar-refractivity contribution in [2.45, 2.75) is 33.1 Å². The molecule has 112 valence electrons. The first-order valence-corrected chi connectivity index (χ1v) is 7.78. The summed E-state index contributed by atoms with van der Waals surface area (Å²) in [4.78, 5) is 14.8. The van der Waals surface area contributed by atoms with Crippen molar-refractivity contribution >= 4 is 11.6 Å². The summed E-state index contributed by atoms with van der Waals surface area (Å²) in [5.41, 5.74) is 3.94. The quantitative estimate of drug-likeness (QED) is 0.802. The first-order valence-electron chi connectivity index (χ1n) is 7.78. The average molecular weight is 284 g/mol. The van der Waals surface area contributed by atoms with Crippen LogP contribution in [0.1, 0.15) is 38.7 Å². The number of hydrogen-bond donors (Lipinski definition) is 1. The van der Waals surface area contributed by atoms with E-state index in [0.29, 0.717) is 0 Å². The topological polar surface area (TPSA) is 32.3 Å². The van der Waals surface area contributed by atoms with E-state index >= 15 is 0 Å². The minimum Gasteiger partial charge on any atom is -0.384 e. The van der Waals surface area contributed by atoms with E-state index in [2.05, 4.69) is 44.3 Å². The Morgan fingerprint density at radius 1 is 1.29 bits per heavy atom. The molecule has 1 aromatic rings. The molecular weight excluding hydrogens is 260 g/mol. The summed E-state index contributed by atoms with van der Waals surface area (Å²) < 4.78 is 0. The molecule has 1 aromatic carbocycles. The highest BCUT2D eigenvalue weighted by molar-refractivity contribution is 5.88. The molecule has 0 aromatic heterocycles. The third-order valence-corrected chi connectivity index (χ3v) is 4.62. The molecular formula is C18H24N2O. The van der Waals surface area contributed by atoms with E-state index in [9.17, 15) is 4.79 Å². The average Bonchev–Trinajstić information content (AvgIpc) is 2.90. The summed E-state index contributed by atoms with van der Waals surface area (Å²) in [7, 11) is 0. The highest BCUT2D eigenvalue weighted by Crippen LogP contribution is 2.34. The maximum Gasteiger partial charge on any atom is 0.232 e. The van der Waals surface area contributed by atoms with Crippen LogP contribution in [0.3, 0.4) is 0 Å². The molecule has 0 fully saturated rings. The largest absolute Gasteiger partial charge is 0.384 e. The highest BCUT2D eigenvalue weighted by atomic mass is 16.2. The maximum atomic E-state index is 12.8. The van der Waals surface area contributed by atoms with Crippen molar-refractivity contribution in [1.29, 1.82) is 0 Å². The van der Waals surface area contributed by atoms with E-state index in [-0.39, 0.29) is 17.2 Å². The highest BCUT2D eigenvalue weighted by Gasteiger charge is 2.32. The summed E-state index contributed by atoms with van der Waals surface area (Å²) in [5, 5.41) is 3.34. The SMILES string of the molecule is CC(C)(C)C1=CCN(C(=O)C2CNc3ccccc32)CC1. The smallest absolute Gasteiger partial charge is 0.232 e. The monoisotopic (exact) mass is 284 g/mol. The molecule has 21 heavy (non-hydrogen) atoms. The fraction of sp³-hybridized carbons (Fsp3) is 0.500. The molecule has 1 amide bonds. The maximum absolute atomic E-state index is 12.8. The van der Waals surface area contributed by atoms with Gasteiger partial charge >= 0.3 is 0 Å².